The minimum Gasteiger partial charge on any atom is -0.483 e. The molecule has 2 aromatic heterocycles. The molecule has 0 spiro atoms. The fraction of sp³-hybridized carbons (Fsp3) is 0.438. The molecular weight excluding hydrogens is 614 g/mol. The van der Waals surface area contributed by atoms with E-state index in [9.17, 15) is 29.1 Å². The maximum Gasteiger partial charge on any atom is 0.409 e. The van der Waals surface area contributed by atoms with Gasteiger partial charge < -0.3 is 34.6 Å². The van der Waals surface area contributed by atoms with Crippen molar-refractivity contribution < 1.29 is 38.6 Å². The van der Waals surface area contributed by atoms with E-state index in [4.69, 9.17) is 9.47 Å². The maximum absolute atomic E-state index is 13.5. The van der Waals surface area contributed by atoms with Gasteiger partial charge in [0.25, 0.3) is 11.8 Å². The molecular formula is C32H37N5O8S. The van der Waals surface area contributed by atoms with Gasteiger partial charge in [-0.2, -0.15) is 0 Å². The molecule has 46 heavy (non-hydrogen) atoms. The fourth-order valence-corrected chi connectivity index (χ4v) is 6.72. The largest absolute Gasteiger partial charge is 0.483 e. The highest BCUT2D eigenvalue weighted by Gasteiger charge is 2.32. The van der Waals surface area contributed by atoms with Crippen molar-refractivity contribution >= 4 is 52.0 Å². The molecule has 1 aromatic carbocycles. The van der Waals surface area contributed by atoms with Crippen LogP contribution in [0, 0.1) is 0 Å². The van der Waals surface area contributed by atoms with Gasteiger partial charge in [-0.3, -0.25) is 19.2 Å². The highest BCUT2D eigenvalue weighted by molar-refractivity contribution is 7.10. The van der Waals surface area contributed by atoms with Crippen molar-refractivity contribution in [2.45, 2.75) is 45.2 Å². The molecule has 0 bridgehead atoms. The summed E-state index contributed by atoms with van der Waals surface area (Å²) in [6, 6.07) is 9.31. The van der Waals surface area contributed by atoms with Gasteiger partial charge in [-0.1, -0.05) is 12.1 Å². The zero-order valence-electron chi connectivity index (χ0n) is 25.8. The number of rotatable bonds is 10. The van der Waals surface area contributed by atoms with Crippen LogP contribution >= 0.6 is 11.3 Å². The average molecular weight is 652 g/mol. The number of nitrogens with zero attached hydrogens (tertiary/aromatic N) is 4. The second kappa shape index (κ2) is 14.6. The molecule has 0 aliphatic carbocycles. The third kappa shape index (κ3) is 7.39. The van der Waals surface area contributed by atoms with Crippen LogP contribution in [0.5, 0.6) is 5.75 Å². The number of para-hydroxylation sites is 1. The Bertz CT molecular complexity index is 1620. The molecule has 4 amide bonds. The van der Waals surface area contributed by atoms with Crippen LogP contribution in [0.2, 0.25) is 0 Å². The van der Waals surface area contributed by atoms with Crippen molar-refractivity contribution in [2.75, 3.05) is 45.9 Å². The molecule has 3 aromatic rings. The number of aliphatic carboxylic acids is 1. The van der Waals surface area contributed by atoms with Gasteiger partial charge in [0.2, 0.25) is 5.91 Å². The molecule has 0 saturated carbocycles. The van der Waals surface area contributed by atoms with Crippen molar-refractivity contribution in [3.63, 3.8) is 0 Å². The SMILES string of the molecule is CCOC(=O)N1CCN(C(=O)C(CCC(=O)O)NC(=O)c2cc(OCC(=O)N3CCc4sccc4[C@@H]3C)c3ccccc3n2)CC1. The first-order valence-electron chi connectivity index (χ1n) is 15.3. The molecule has 0 radical (unpaired) electrons. The second-order valence-corrected chi connectivity index (χ2v) is 12.1. The summed E-state index contributed by atoms with van der Waals surface area (Å²) in [6.45, 7) is 5.21. The van der Waals surface area contributed by atoms with Gasteiger partial charge in [0, 0.05) is 55.5 Å². The number of hydrogen-bond donors (Lipinski definition) is 2. The van der Waals surface area contributed by atoms with E-state index in [2.05, 4.69) is 10.3 Å². The van der Waals surface area contributed by atoms with E-state index < -0.39 is 29.9 Å². The number of benzene rings is 1. The molecule has 2 aliphatic heterocycles. The number of carbonyl (C=O) groups is 5. The Morgan fingerprint density at radius 2 is 1.80 bits per heavy atom. The van der Waals surface area contributed by atoms with E-state index in [1.165, 1.54) is 20.7 Å². The highest BCUT2D eigenvalue weighted by Crippen LogP contribution is 2.33. The minimum atomic E-state index is -1.14. The first-order valence-corrected chi connectivity index (χ1v) is 16.2. The predicted molar refractivity (Wildman–Crippen MR) is 169 cm³/mol. The van der Waals surface area contributed by atoms with E-state index in [1.807, 2.05) is 18.4 Å². The molecule has 244 valence electrons. The Morgan fingerprint density at radius 3 is 2.54 bits per heavy atom. The fourth-order valence-electron chi connectivity index (χ4n) is 5.75. The topological polar surface area (TPSA) is 159 Å². The minimum absolute atomic E-state index is 0.0457. The van der Waals surface area contributed by atoms with Gasteiger partial charge >= 0.3 is 12.1 Å². The number of pyridine rings is 1. The summed E-state index contributed by atoms with van der Waals surface area (Å²) in [6.07, 6.45) is -0.157. The van der Waals surface area contributed by atoms with E-state index in [1.54, 1.807) is 47.4 Å². The van der Waals surface area contributed by atoms with Crippen LogP contribution in [0.4, 0.5) is 4.79 Å². The molecule has 1 saturated heterocycles. The zero-order chi connectivity index (χ0) is 32.8. The smallest absolute Gasteiger partial charge is 0.409 e. The van der Waals surface area contributed by atoms with Crippen molar-refractivity contribution in [1.29, 1.82) is 0 Å². The Balaban J connectivity index is 1.29. The van der Waals surface area contributed by atoms with Gasteiger partial charge in [0.15, 0.2) is 6.61 Å². The molecule has 14 heteroatoms. The van der Waals surface area contributed by atoms with Gasteiger partial charge in [-0.05, 0) is 55.8 Å². The molecule has 13 nitrogen and oxygen atoms in total. The lowest BCUT2D eigenvalue weighted by atomic mass is 10.0. The number of aromatic nitrogens is 1. The van der Waals surface area contributed by atoms with E-state index in [-0.39, 0.29) is 75.6 Å². The number of amides is 4. The number of carbonyl (C=O) groups excluding carboxylic acids is 4. The number of nitrogens with one attached hydrogen (secondary N) is 1. The second-order valence-electron chi connectivity index (χ2n) is 11.1. The Labute approximate surface area is 270 Å². The number of carboxylic acids is 1. The van der Waals surface area contributed by atoms with Gasteiger partial charge in [0.05, 0.1) is 18.2 Å². The lowest BCUT2D eigenvalue weighted by molar-refractivity contribution is -0.138. The lowest BCUT2D eigenvalue weighted by Crippen LogP contribution is -2.56. The van der Waals surface area contributed by atoms with Crippen LogP contribution in [0.15, 0.2) is 41.8 Å². The summed E-state index contributed by atoms with van der Waals surface area (Å²) in [5.74, 6) is -2.15. The summed E-state index contributed by atoms with van der Waals surface area (Å²) in [5.41, 5.74) is 1.55. The highest BCUT2D eigenvalue weighted by atomic mass is 32.1. The Hall–Kier alpha value is -4.72. The van der Waals surface area contributed by atoms with Crippen LogP contribution in [0.25, 0.3) is 10.9 Å². The number of hydrogen-bond acceptors (Lipinski definition) is 9. The quantitative estimate of drug-likeness (QED) is 0.336. The number of fused-ring (bicyclic) bond motifs is 2. The third-order valence-corrected chi connectivity index (χ3v) is 9.22. The molecule has 2 aliphatic rings. The summed E-state index contributed by atoms with van der Waals surface area (Å²) >= 11 is 1.69. The maximum atomic E-state index is 13.5. The van der Waals surface area contributed by atoms with E-state index in [0.29, 0.717) is 17.4 Å². The zero-order valence-corrected chi connectivity index (χ0v) is 26.6. The van der Waals surface area contributed by atoms with E-state index in [0.717, 1.165) is 12.0 Å². The summed E-state index contributed by atoms with van der Waals surface area (Å²) in [7, 11) is 0. The number of thiophene rings is 1. The number of piperazine rings is 1. The Morgan fingerprint density at radius 1 is 1.07 bits per heavy atom. The summed E-state index contributed by atoms with van der Waals surface area (Å²) in [4.78, 5) is 74.2. The van der Waals surface area contributed by atoms with Crippen molar-refractivity contribution in [3.8, 4) is 5.75 Å². The lowest BCUT2D eigenvalue weighted by Gasteiger charge is -2.35. The number of ether oxygens (including phenoxy) is 2. The molecule has 2 N–H and O–H groups in total. The van der Waals surface area contributed by atoms with Gasteiger partial charge in [-0.15, -0.1) is 11.3 Å². The normalized spacial score (nSPS) is 16.8. The van der Waals surface area contributed by atoms with Gasteiger partial charge in [0.1, 0.15) is 17.5 Å². The van der Waals surface area contributed by atoms with Crippen LogP contribution in [-0.4, -0.2) is 107 Å². The first kappa shape index (κ1) is 32.7. The van der Waals surface area contributed by atoms with Crippen LogP contribution in [-0.2, 0) is 25.5 Å². The standard InChI is InChI=1S/C32H37N5O8S/c1-3-44-32(43)36-15-13-35(14-16-36)31(42)24(8-9-29(39)40)34-30(41)25-18-26(22-6-4-5-7-23(22)33-25)45-19-28(38)37-12-10-27-21(20(37)2)11-17-46-27/h4-7,11,17-18,20,24H,3,8-10,12-16,19H2,1-2H3,(H,34,41)(H,39,40)/t20-,24?/m0/s1. The van der Waals surface area contributed by atoms with Crippen molar-refractivity contribution in [1.82, 2.24) is 25.0 Å². The summed E-state index contributed by atoms with van der Waals surface area (Å²) in [5, 5.41) is 14.6. The van der Waals surface area contributed by atoms with E-state index >= 15 is 0 Å². The Kier molecular flexibility index (Phi) is 10.4. The van der Waals surface area contributed by atoms with Crippen molar-refractivity contribution in [2.24, 2.45) is 0 Å². The predicted octanol–water partition coefficient (Wildman–Crippen LogP) is 3.08. The van der Waals surface area contributed by atoms with Gasteiger partial charge in [-0.25, -0.2) is 9.78 Å². The first-order chi connectivity index (χ1) is 22.2. The van der Waals surface area contributed by atoms with Crippen molar-refractivity contribution in [3.05, 3.63) is 57.9 Å². The molecule has 5 rings (SSSR count). The molecule has 1 unspecified atom stereocenters. The van der Waals surface area contributed by atoms with Crippen LogP contribution < -0.4 is 10.1 Å². The molecule has 4 heterocycles. The summed E-state index contributed by atoms with van der Waals surface area (Å²) < 4.78 is 11.0. The molecule has 1 fully saturated rings. The average Bonchev–Trinajstić information content (AvgIpc) is 3.55. The molecule has 2 atom stereocenters. The number of carboxylic acid groups (broad SMARTS) is 1. The third-order valence-electron chi connectivity index (χ3n) is 8.23. The monoisotopic (exact) mass is 651 g/mol. The van der Waals surface area contributed by atoms with Crippen LogP contribution in [0.1, 0.15) is 53.7 Å². The van der Waals surface area contributed by atoms with Crippen LogP contribution in [0.3, 0.4) is 0 Å².